The predicted molar refractivity (Wildman–Crippen MR) is 108 cm³/mol. The molecule has 1 heterocycles. The Labute approximate surface area is 162 Å². The van der Waals surface area contributed by atoms with Gasteiger partial charge in [0.25, 0.3) is 5.56 Å². The number of rotatable bonds is 5. The van der Waals surface area contributed by atoms with Crippen molar-refractivity contribution in [3.8, 4) is 11.3 Å². The molecule has 5 nitrogen and oxygen atoms in total. The zero-order valence-electron chi connectivity index (χ0n) is 15.2. The summed E-state index contributed by atoms with van der Waals surface area (Å²) in [5.41, 5.74) is 2.99. The molecule has 1 amide bonds. The molecule has 27 heavy (non-hydrogen) atoms. The number of likely N-dealkylation sites (N-methyl/N-ethyl adjacent to an activating group) is 1. The summed E-state index contributed by atoms with van der Waals surface area (Å²) in [5, 5.41) is 4.98. The Bertz CT molecular complexity index is 1010. The molecular weight excluding hydrogens is 362 g/mol. The van der Waals surface area contributed by atoms with Crippen LogP contribution < -0.4 is 10.5 Å². The van der Waals surface area contributed by atoms with Gasteiger partial charge in [-0.05, 0) is 49.7 Å². The molecule has 0 unspecified atom stereocenters. The van der Waals surface area contributed by atoms with Gasteiger partial charge in [-0.1, -0.05) is 35.9 Å². The van der Waals surface area contributed by atoms with Crippen molar-refractivity contribution >= 4 is 23.2 Å². The van der Waals surface area contributed by atoms with Crippen LogP contribution in [0.1, 0.15) is 12.5 Å². The molecule has 0 saturated heterocycles. The van der Waals surface area contributed by atoms with Crippen molar-refractivity contribution in [2.24, 2.45) is 0 Å². The molecule has 0 aliphatic carbocycles. The second-order valence-electron chi connectivity index (χ2n) is 6.20. The number of anilines is 1. The summed E-state index contributed by atoms with van der Waals surface area (Å²) in [6, 6.07) is 18.0. The van der Waals surface area contributed by atoms with Gasteiger partial charge in [-0.2, -0.15) is 5.10 Å². The smallest absolute Gasteiger partial charge is 0.267 e. The minimum Gasteiger partial charge on any atom is -0.311 e. The summed E-state index contributed by atoms with van der Waals surface area (Å²) < 4.78 is 1.20. The predicted octanol–water partition coefficient (Wildman–Crippen LogP) is 3.93. The lowest BCUT2D eigenvalue weighted by Gasteiger charge is -2.21. The average molecular weight is 382 g/mol. The highest BCUT2D eigenvalue weighted by atomic mass is 35.5. The fourth-order valence-electron chi connectivity index (χ4n) is 2.85. The summed E-state index contributed by atoms with van der Waals surface area (Å²) in [4.78, 5) is 26.7. The van der Waals surface area contributed by atoms with E-state index in [1.807, 2.05) is 50.2 Å². The van der Waals surface area contributed by atoms with Crippen molar-refractivity contribution in [1.29, 1.82) is 0 Å². The van der Waals surface area contributed by atoms with Crippen LogP contribution in [0.15, 0.2) is 65.5 Å². The Morgan fingerprint density at radius 3 is 2.52 bits per heavy atom. The topological polar surface area (TPSA) is 55.2 Å². The fraction of sp³-hybridized carbons (Fsp3) is 0.190. The van der Waals surface area contributed by atoms with Gasteiger partial charge in [0.1, 0.15) is 6.54 Å². The molecule has 0 aliphatic rings. The van der Waals surface area contributed by atoms with Gasteiger partial charge in [-0.25, -0.2) is 4.68 Å². The van der Waals surface area contributed by atoms with Crippen LogP contribution in [0, 0.1) is 6.92 Å². The van der Waals surface area contributed by atoms with Crippen molar-refractivity contribution in [2.75, 3.05) is 11.4 Å². The van der Waals surface area contributed by atoms with Gasteiger partial charge >= 0.3 is 0 Å². The van der Waals surface area contributed by atoms with Gasteiger partial charge < -0.3 is 4.90 Å². The highest BCUT2D eigenvalue weighted by Gasteiger charge is 2.16. The number of carbonyl (C=O) groups excluding carboxylic acids is 1. The Kier molecular flexibility index (Phi) is 5.72. The van der Waals surface area contributed by atoms with Crippen LogP contribution in [0.3, 0.4) is 0 Å². The van der Waals surface area contributed by atoms with E-state index in [4.69, 9.17) is 11.6 Å². The standard InChI is InChI=1S/C21H20ClN3O2/c1-3-24(18-6-4-5-15(2)13-18)21(27)14-25-20(26)12-11-19(23-25)16-7-9-17(22)10-8-16/h4-13H,3,14H2,1-2H3. The summed E-state index contributed by atoms with van der Waals surface area (Å²) in [6.07, 6.45) is 0. The molecule has 3 rings (SSSR count). The van der Waals surface area contributed by atoms with E-state index in [0.29, 0.717) is 17.3 Å². The van der Waals surface area contributed by atoms with Crippen LogP contribution >= 0.6 is 11.6 Å². The summed E-state index contributed by atoms with van der Waals surface area (Å²) in [5.74, 6) is -0.189. The molecule has 138 valence electrons. The number of aromatic nitrogens is 2. The average Bonchev–Trinajstić information content (AvgIpc) is 2.65. The van der Waals surface area contributed by atoms with Crippen LogP contribution in [-0.2, 0) is 11.3 Å². The molecule has 0 fully saturated rings. The zero-order chi connectivity index (χ0) is 19.4. The summed E-state index contributed by atoms with van der Waals surface area (Å²) in [7, 11) is 0. The van der Waals surface area contributed by atoms with Gasteiger partial charge in [0.15, 0.2) is 0 Å². The first-order valence-corrected chi connectivity index (χ1v) is 9.07. The quantitative estimate of drug-likeness (QED) is 0.673. The molecular formula is C21H20ClN3O2. The summed E-state index contributed by atoms with van der Waals surface area (Å²) in [6.45, 7) is 4.26. The van der Waals surface area contributed by atoms with Gasteiger partial charge in [-0.15, -0.1) is 0 Å². The lowest BCUT2D eigenvalue weighted by Crippen LogP contribution is -2.37. The lowest BCUT2D eigenvalue weighted by atomic mass is 10.1. The largest absolute Gasteiger partial charge is 0.311 e. The molecule has 0 atom stereocenters. The highest BCUT2D eigenvalue weighted by molar-refractivity contribution is 6.30. The minimum atomic E-state index is -0.318. The summed E-state index contributed by atoms with van der Waals surface area (Å²) >= 11 is 5.92. The Morgan fingerprint density at radius 1 is 1.11 bits per heavy atom. The highest BCUT2D eigenvalue weighted by Crippen LogP contribution is 2.19. The molecule has 0 aliphatic heterocycles. The van der Waals surface area contributed by atoms with E-state index >= 15 is 0 Å². The molecule has 3 aromatic rings. The number of amides is 1. The molecule has 0 saturated carbocycles. The van der Waals surface area contributed by atoms with Crippen molar-refractivity contribution in [1.82, 2.24) is 9.78 Å². The normalized spacial score (nSPS) is 10.6. The number of carbonyl (C=O) groups is 1. The van der Waals surface area contributed by atoms with Crippen molar-refractivity contribution in [3.05, 3.63) is 81.6 Å². The van der Waals surface area contributed by atoms with Crippen molar-refractivity contribution in [2.45, 2.75) is 20.4 Å². The third kappa shape index (κ3) is 4.44. The second kappa shape index (κ2) is 8.18. The molecule has 2 aromatic carbocycles. The van der Waals surface area contributed by atoms with Gasteiger partial charge in [-0.3, -0.25) is 9.59 Å². The van der Waals surface area contributed by atoms with E-state index in [2.05, 4.69) is 5.10 Å². The third-order valence-electron chi connectivity index (χ3n) is 4.22. The molecule has 0 radical (unpaired) electrons. The van der Waals surface area contributed by atoms with E-state index in [1.165, 1.54) is 10.7 Å². The third-order valence-corrected chi connectivity index (χ3v) is 4.47. The van der Waals surface area contributed by atoms with Crippen LogP contribution in [0.4, 0.5) is 5.69 Å². The lowest BCUT2D eigenvalue weighted by molar-refractivity contribution is -0.119. The molecule has 6 heteroatoms. The fourth-order valence-corrected chi connectivity index (χ4v) is 2.98. The monoisotopic (exact) mass is 381 g/mol. The maximum Gasteiger partial charge on any atom is 0.267 e. The Balaban J connectivity index is 1.87. The maximum atomic E-state index is 12.8. The molecule has 0 N–H and O–H groups in total. The van der Waals surface area contributed by atoms with Gasteiger partial charge in [0, 0.05) is 28.9 Å². The minimum absolute atomic E-state index is 0.123. The number of aryl methyl sites for hydroxylation is 1. The zero-order valence-corrected chi connectivity index (χ0v) is 16.0. The number of halogens is 1. The van der Waals surface area contributed by atoms with Crippen molar-refractivity contribution < 1.29 is 4.79 Å². The second-order valence-corrected chi connectivity index (χ2v) is 6.63. The van der Waals surface area contributed by atoms with Crippen LogP contribution in [0.25, 0.3) is 11.3 Å². The van der Waals surface area contributed by atoms with Crippen molar-refractivity contribution in [3.63, 3.8) is 0 Å². The van der Waals surface area contributed by atoms with Crippen LogP contribution in [-0.4, -0.2) is 22.2 Å². The molecule has 0 bridgehead atoms. The SMILES string of the molecule is CCN(C(=O)Cn1nc(-c2ccc(Cl)cc2)ccc1=O)c1cccc(C)c1. The maximum absolute atomic E-state index is 12.8. The first-order chi connectivity index (χ1) is 13.0. The van der Waals surface area contributed by atoms with Crippen LogP contribution in [0.2, 0.25) is 5.02 Å². The van der Waals surface area contributed by atoms with E-state index < -0.39 is 0 Å². The number of benzene rings is 2. The van der Waals surface area contributed by atoms with E-state index in [9.17, 15) is 9.59 Å². The van der Waals surface area contributed by atoms with Gasteiger partial charge in [0.2, 0.25) is 5.91 Å². The first-order valence-electron chi connectivity index (χ1n) is 8.69. The Hall–Kier alpha value is -2.92. The van der Waals surface area contributed by atoms with E-state index in [1.54, 1.807) is 23.1 Å². The number of hydrogen-bond acceptors (Lipinski definition) is 3. The first kappa shape index (κ1) is 18.9. The number of nitrogens with zero attached hydrogens (tertiary/aromatic N) is 3. The van der Waals surface area contributed by atoms with Crippen LogP contribution in [0.5, 0.6) is 0 Å². The molecule has 0 spiro atoms. The Morgan fingerprint density at radius 2 is 1.85 bits per heavy atom. The number of hydrogen-bond donors (Lipinski definition) is 0. The molecule has 1 aromatic heterocycles. The van der Waals surface area contributed by atoms with Gasteiger partial charge in [0.05, 0.1) is 5.69 Å². The van der Waals surface area contributed by atoms with E-state index in [-0.39, 0.29) is 18.0 Å². The van der Waals surface area contributed by atoms with E-state index in [0.717, 1.165) is 16.8 Å².